The molecule has 1 N–H and O–H groups in total. The Kier molecular flexibility index (Phi) is 3.43. The maximum Gasteiger partial charge on any atom is 0.433 e. The van der Waals surface area contributed by atoms with E-state index < -0.39 is 18.0 Å². The summed E-state index contributed by atoms with van der Waals surface area (Å²) in [5, 5.41) is 14.4. The number of para-hydroxylation sites is 1. The summed E-state index contributed by atoms with van der Waals surface area (Å²) in [6, 6.07) is 9.11. The van der Waals surface area contributed by atoms with Crippen LogP contribution in [0.3, 0.4) is 0 Å². The number of hydrogen-bond acceptors (Lipinski definition) is 3. The molecule has 0 saturated heterocycles. The van der Waals surface area contributed by atoms with Crippen molar-refractivity contribution in [1.29, 1.82) is 0 Å². The van der Waals surface area contributed by atoms with Gasteiger partial charge in [-0.25, -0.2) is 4.98 Å². The summed E-state index contributed by atoms with van der Waals surface area (Å²) in [7, 11) is 0. The maximum atomic E-state index is 13.0. The van der Waals surface area contributed by atoms with Crippen molar-refractivity contribution in [2.75, 3.05) is 0 Å². The standard InChI is InChI=1S/C15H10F3NOS/c16-15(17,18)13-7-11(14(20)9-5-6-21-8-9)10-3-1-2-4-12(10)19-13/h1-8,14,20H. The lowest BCUT2D eigenvalue weighted by Gasteiger charge is -2.15. The molecule has 2 aromatic heterocycles. The minimum Gasteiger partial charge on any atom is -0.384 e. The first kappa shape index (κ1) is 14.0. The summed E-state index contributed by atoms with van der Waals surface area (Å²) in [4.78, 5) is 3.64. The lowest BCUT2D eigenvalue weighted by atomic mass is 9.99. The number of aromatic nitrogens is 1. The van der Waals surface area contributed by atoms with Crippen LogP contribution in [0.25, 0.3) is 10.9 Å². The highest BCUT2D eigenvalue weighted by Crippen LogP contribution is 2.35. The zero-order chi connectivity index (χ0) is 15.0. The van der Waals surface area contributed by atoms with E-state index in [2.05, 4.69) is 4.98 Å². The second-order valence-corrected chi connectivity index (χ2v) is 5.35. The van der Waals surface area contributed by atoms with Crippen LogP contribution in [0, 0.1) is 0 Å². The van der Waals surface area contributed by atoms with Crippen LogP contribution in [0.5, 0.6) is 0 Å². The fourth-order valence-electron chi connectivity index (χ4n) is 2.18. The number of halogens is 3. The molecule has 0 bridgehead atoms. The van der Waals surface area contributed by atoms with Crippen molar-refractivity contribution >= 4 is 22.2 Å². The average molecular weight is 309 g/mol. The number of hydrogen-bond donors (Lipinski definition) is 1. The van der Waals surface area contributed by atoms with Crippen molar-refractivity contribution in [3.05, 3.63) is 64.0 Å². The molecule has 108 valence electrons. The number of nitrogens with zero attached hydrogens (tertiary/aromatic N) is 1. The van der Waals surface area contributed by atoms with E-state index in [1.54, 1.807) is 35.0 Å². The van der Waals surface area contributed by atoms with E-state index in [1.807, 2.05) is 0 Å². The van der Waals surface area contributed by atoms with Gasteiger partial charge in [0.15, 0.2) is 0 Å². The predicted molar refractivity (Wildman–Crippen MR) is 75.1 cm³/mol. The largest absolute Gasteiger partial charge is 0.433 e. The molecule has 0 amide bonds. The third kappa shape index (κ3) is 2.64. The fourth-order valence-corrected chi connectivity index (χ4v) is 2.86. The quantitative estimate of drug-likeness (QED) is 0.761. The summed E-state index contributed by atoms with van der Waals surface area (Å²) in [5.74, 6) is 0. The molecule has 0 aliphatic heterocycles. The smallest absolute Gasteiger partial charge is 0.384 e. The lowest BCUT2D eigenvalue weighted by molar-refractivity contribution is -0.141. The van der Waals surface area contributed by atoms with Crippen LogP contribution >= 0.6 is 11.3 Å². The molecular formula is C15H10F3NOS. The van der Waals surface area contributed by atoms with Gasteiger partial charge in [-0.3, -0.25) is 0 Å². The van der Waals surface area contributed by atoms with E-state index >= 15 is 0 Å². The molecule has 2 nitrogen and oxygen atoms in total. The van der Waals surface area contributed by atoms with Gasteiger partial charge in [-0.1, -0.05) is 18.2 Å². The van der Waals surface area contributed by atoms with E-state index in [0.29, 0.717) is 10.9 Å². The second kappa shape index (κ2) is 5.13. The summed E-state index contributed by atoms with van der Waals surface area (Å²) in [5.41, 5.74) is 0.0119. The topological polar surface area (TPSA) is 33.1 Å². The van der Waals surface area contributed by atoms with Gasteiger partial charge in [-0.15, -0.1) is 0 Å². The zero-order valence-electron chi connectivity index (χ0n) is 10.6. The van der Waals surface area contributed by atoms with E-state index in [0.717, 1.165) is 6.07 Å². The molecule has 3 aromatic rings. The van der Waals surface area contributed by atoms with Crippen molar-refractivity contribution in [3.8, 4) is 0 Å². The van der Waals surface area contributed by atoms with Gasteiger partial charge in [-0.2, -0.15) is 24.5 Å². The van der Waals surface area contributed by atoms with Crippen molar-refractivity contribution in [3.63, 3.8) is 0 Å². The molecule has 0 aliphatic rings. The highest BCUT2D eigenvalue weighted by atomic mass is 32.1. The minimum atomic E-state index is -4.55. The summed E-state index contributed by atoms with van der Waals surface area (Å²) in [6.07, 6.45) is -5.65. The van der Waals surface area contributed by atoms with Gasteiger partial charge in [0.05, 0.1) is 5.52 Å². The molecule has 3 rings (SSSR count). The number of aliphatic hydroxyl groups excluding tert-OH is 1. The molecular weight excluding hydrogens is 299 g/mol. The van der Waals surface area contributed by atoms with Crippen LogP contribution in [0.2, 0.25) is 0 Å². The molecule has 0 spiro atoms. The Morgan fingerprint density at radius 3 is 2.57 bits per heavy atom. The fraction of sp³-hybridized carbons (Fsp3) is 0.133. The number of aliphatic hydroxyl groups is 1. The van der Waals surface area contributed by atoms with Gasteiger partial charge in [0.2, 0.25) is 0 Å². The molecule has 0 fully saturated rings. The molecule has 21 heavy (non-hydrogen) atoms. The highest BCUT2D eigenvalue weighted by molar-refractivity contribution is 7.08. The van der Waals surface area contributed by atoms with Gasteiger partial charge >= 0.3 is 6.18 Å². The first-order chi connectivity index (χ1) is 9.97. The van der Waals surface area contributed by atoms with Gasteiger partial charge in [0, 0.05) is 5.39 Å². The third-order valence-electron chi connectivity index (χ3n) is 3.19. The minimum absolute atomic E-state index is 0.214. The van der Waals surface area contributed by atoms with Crippen LogP contribution in [0.4, 0.5) is 13.2 Å². The van der Waals surface area contributed by atoms with Crippen LogP contribution in [0.1, 0.15) is 22.9 Å². The monoisotopic (exact) mass is 309 g/mol. The Morgan fingerprint density at radius 2 is 1.90 bits per heavy atom. The molecule has 2 heterocycles. The zero-order valence-corrected chi connectivity index (χ0v) is 11.4. The number of pyridine rings is 1. The Balaban J connectivity index is 2.24. The number of alkyl halides is 3. The molecule has 1 unspecified atom stereocenters. The Hall–Kier alpha value is -1.92. The van der Waals surface area contributed by atoms with Crippen molar-refractivity contribution in [2.24, 2.45) is 0 Å². The van der Waals surface area contributed by atoms with Crippen molar-refractivity contribution in [2.45, 2.75) is 12.3 Å². The van der Waals surface area contributed by atoms with Gasteiger partial charge in [0.1, 0.15) is 11.8 Å². The lowest BCUT2D eigenvalue weighted by Crippen LogP contribution is -2.11. The third-order valence-corrected chi connectivity index (χ3v) is 3.89. The van der Waals surface area contributed by atoms with Crippen molar-refractivity contribution in [1.82, 2.24) is 4.98 Å². The van der Waals surface area contributed by atoms with E-state index in [-0.39, 0.29) is 11.1 Å². The van der Waals surface area contributed by atoms with Gasteiger partial charge in [0.25, 0.3) is 0 Å². The van der Waals surface area contributed by atoms with E-state index in [4.69, 9.17) is 0 Å². The van der Waals surface area contributed by atoms with Crippen LogP contribution in [-0.4, -0.2) is 10.1 Å². The molecule has 6 heteroatoms. The highest BCUT2D eigenvalue weighted by Gasteiger charge is 2.34. The average Bonchev–Trinajstić information content (AvgIpc) is 2.98. The first-order valence-electron chi connectivity index (χ1n) is 6.14. The SMILES string of the molecule is OC(c1ccsc1)c1cc(C(F)(F)F)nc2ccccc12. The normalized spacial score (nSPS) is 13.5. The van der Waals surface area contributed by atoms with Crippen LogP contribution in [0.15, 0.2) is 47.2 Å². The number of thiophene rings is 1. The predicted octanol–water partition coefficient (Wildman–Crippen LogP) is 4.40. The molecule has 0 saturated carbocycles. The van der Waals surface area contributed by atoms with E-state index in [9.17, 15) is 18.3 Å². The number of rotatable bonds is 2. The molecule has 1 aromatic carbocycles. The number of benzene rings is 1. The molecule has 1 atom stereocenters. The Bertz CT molecular complexity index is 768. The summed E-state index contributed by atoms with van der Waals surface area (Å²) >= 11 is 1.38. The first-order valence-corrected chi connectivity index (χ1v) is 7.08. The summed E-state index contributed by atoms with van der Waals surface area (Å²) in [6.45, 7) is 0. The summed E-state index contributed by atoms with van der Waals surface area (Å²) < 4.78 is 38.9. The molecule has 0 aliphatic carbocycles. The van der Waals surface area contributed by atoms with Crippen molar-refractivity contribution < 1.29 is 18.3 Å². The van der Waals surface area contributed by atoms with Crippen LogP contribution < -0.4 is 0 Å². The van der Waals surface area contributed by atoms with Gasteiger partial charge in [-0.05, 0) is 40.1 Å². The molecule has 0 radical (unpaired) electrons. The second-order valence-electron chi connectivity index (χ2n) is 4.57. The Labute approximate surface area is 122 Å². The number of fused-ring (bicyclic) bond motifs is 1. The maximum absolute atomic E-state index is 13.0. The van der Waals surface area contributed by atoms with Crippen LogP contribution in [-0.2, 0) is 6.18 Å². The van der Waals surface area contributed by atoms with E-state index in [1.165, 1.54) is 17.4 Å². The van der Waals surface area contributed by atoms with Gasteiger partial charge < -0.3 is 5.11 Å². The Morgan fingerprint density at radius 1 is 1.14 bits per heavy atom.